The first-order valence-corrected chi connectivity index (χ1v) is 10.2. The lowest BCUT2D eigenvalue weighted by molar-refractivity contribution is -0.134. The number of hydrogen-bond donors (Lipinski definition) is 3. The van der Waals surface area contributed by atoms with Crippen LogP contribution in [0.15, 0.2) is 48.5 Å². The Balaban J connectivity index is 0.00000193. The van der Waals surface area contributed by atoms with E-state index in [1.54, 1.807) is 9.80 Å². The van der Waals surface area contributed by atoms with Gasteiger partial charge in [0.05, 0.1) is 17.8 Å². The summed E-state index contributed by atoms with van der Waals surface area (Å²) >= 11 is 0. The third-order valence-electron chi connectivity index (χ3n) is 5.48. The average Bonchev–Trinajstić information content (AvgIpc) is 3.25. The first kappa shape index (κ1) is 26.3. The quantitative estimate of drug-likeness (QED) is 0.505. The van der Waals surface area contributed by atoms with Crippen molar-refractivity contribution in [1.29, 1.82) is 0 Å². The number of aromatic amines is 1. The van der Waals surface area contributed by atoms with Crippen LogP contribution in [0.4, 0.5) is 0 Å². The number of benzene rings is 2. The molecule has 1 saturated heterocycles. The second-order valence-electron chi connectivity index (χ2n) is 7.52. The van der Waals surface area contributed by atoms with Crippen LogP contribution in [0, 0.1) is 0 Å². The Kier molecular flexibility index (Phi) is 9.43. The van der Waals surface area contributed by atoms with Gasteiger partial charge < -0.3 is 20.6 Å². The highest BCUT2D eigenvalue weighted by molar-refractivity contribution is 5.95. The zero-order chi connectivity index (χ0) is 21.8. The maximum atomic E-state index is 12.8. The second-order valence-corrected chi connectivity index (χ2v) is 7.52. The number of nitrogens with zero attached hydrogens (tertiary/aromatic N) is 3. The number of rotatable bonds is 5. The van der Waals surface area contributed by atoms with Gasteiger partial charge in [-0.3, -0.25) is 14.7 Å². The van der Waals surface area contributed by atoms with E-state index in [1.165, 1.54) is 0 Å². The van der Waals surface area contributed by atoms with Gasteiger partial charge in [0.25, 0.3) is 5.91 Å². The minimum Gasteiger partial charge on any atom is -0.394 e. The van der Waals surface area contributed by atoms with Gasteiger partial charge in [0, 0.05) is 37.1 Å². The molecular weight excluding hydrogens is 465 g/mol. The van der Waals surface area contributed by atoms with E-state index in [0.29, 0.717) is 31.7 Å². The van der Waals surface area contributed by atoms with Crippen LogP contribution in [0.2, 0.25) is 0 Å². The molecule has 1 atom stereocenters. The van der Waals surface area contributed by atoms with Crippen LogP contribution in [-0.2, 0) is 4.79 Å². The lowest BCUT2D eigenvalue weighted by Crippen LogP contribution is -2.55. The summed E-state index contributed by atoms with van der Waals surface area (Å²) < 4.78 is 0. The number of halogens is 2. The lowest BCUT2D eigenvalue weighted by atomic mass is 10.1. The fraction of sp³-hybridized carbons (Fsp3) is 0.261. The normalized spacial score (nSPS) is 14.6. The Labute approximate surface area is 204 Å². The minimum absolute atomic E-state index is 0. The first-order valence-electron chi connectivity index (χ1n) is 10.2. The van der Waals surface area contributed by atoms with Crippen LogP contribution in [0.1, 0.15) is 21.6 Å². The van der Waals surface area contributed by atoms with Crippen molar-refractivity contribution in [3.63, 3.8) is 0 Å². The van der Waals surface area contributed by atoms with Crippen molar-refractivity contribution in [2.45, 2.75) is 6.04 Å². The predicted octanol–water partition coefficient (Wildman–Crippen LogP) is 2.18. The number of hydrogen-bond acceptors (Lipinski definition) is 5. The predicted molar refractivity (Wildman–Crippen MR) is 134 cm³/mol. The van der Waals surface area contributed by atoms with Crippen LogP contribution in [0.25, 0.3) is 23.1 Å². The van der Waals surface area contributed by atoms with Crippen LogP contribution in [-0.4, -0.2) is 75.7 Å². The van der Waals surface area contributed by atoms with E-state index in [4.69, 9.17) is 10.8 Å². The molecule has 1 fully saturated rings. The van der Waals surface area contributed by atoms with Crippen molar-refractivity contribution in [3.05, 3.63) is 65.4 Å². The van der Waals surface area contributed by atoms with Crippen molar-refractivity contribution >= 4 is 59.7 Å². The SMILES string of the molecule is Cl.Cl.N[C@@H](CO)C(=O)N1CCN(C(=O)c2ccc(C=Cc3n[nH]c4ccccc34)cc2)CC1. The van der Waals surface area contributed by atoms with Gasteiger partial charge in [-0.15, -0.1) is 24.8 Å². The highest BCUT2D eigenvalue weighted by Gasteiger charge is 2.27. The van der Waals surface area contributed by atoms with Gasteiger partial charge >= 0.3 is 0 Å². The molecule has 2 aromatic carbocycles. The zero-order valence-corrected chi connectivity index (χ0v) is 19.5. The van der Waals surface area contributed by atoms with E-state index < -0.39 is 6.04 Å². The molecule has 0 unspecified atom stereocenters. The summed E-state index contributed by atoms with van der Waals surface area (Å²) in [6, 6.07) is 14.5. The van der Waals surface area contributed by atoms with Gasteiger partial charge in [0.15, 0.2) is 0 Å². The fourth-order valence-electron chi connectivity index (χ4n) is 3.65. The number of H-pyrrole nitrogens is 1. The Morgan fingerprint density at radius 2 is 1.64 bits per heavy atom. The molecule has 2 heterocycles. The number of fused-ring (bicyclic) bond motifs is 1. The average molecular weight is 492 g/mol. The fourth-order valence-corrected chi connectivity index (χ4v) is 3.65. The van der Waals surface area contributed by atoms with Gasteiger partial charge in [0.1, 0.15) is 6.04 Å². The molecule has 10 heteroatoms. The number of aliphatic hydroxyl groups excluding tert-OH is 1. The van der Waals surface area contributed by atoms with E-state index in [0.717, 1.165) is 22.2 Å². The second kappa shape index (κ2) is 11.8. The Morgan fingerprint density at radius 1 is 1.00 bits per heavy atom. The van der Waals surface area contributed by atoms with Gasteiger partial charge in [0.2, 0.25) is 5.91 Å². The molecule has 0 aliphatic carbocycles. The number of aliphatic hydroxyl groups is 1. The highest BCUT2D eigenvalue weighted by atomic mass is 35.5. The van der Waals surface area contributed by atoms with Crippen molar-refractivity contribution < 1.29 is 14.7 Å². The number of nitrogens with one attached hydrogen (secondary N) is 1. The van der Waals surface area contributed by atoms with Crippen LogP contribution >= 0.6 is 24.8 Å². The topological polar surface area (TPSA) is 116 Å². The minimum atomic E-state index is -0.901. The maximum Gasteiger partial charge on any atom is 0.253 e. The number of nitrogens with two attached hydrogens (primary N) is 1. The standard InChI is InChI=1S/C23H25N5O3.2ClH/c24-19(15-29)23(31)28-13-11-27(12-14-28)22(30)17-8-5-16(6-9-17)7-10-21-18-3-1-2-4-20(18)25-26-21;;/h1-10,19,29H,11-15,24H2,(H,25,26);2*1H/t19-;;/m0../s1. The molecule has 2 amide bonds. The highest BCUT2D eigenvalue weighted by Crippen LogP contribution is 2.18. The summed E-state index contributed by atoms with van der Waals surface area (Å²) in [6.45, 7) is 1.33. The molecule has 3 aromatic rings. The number of aromatic nitrogens is 2. The number of amides is 2. The molecule has 4 rings (SSSR count). The van der Waals surface area contributed by atoms with Crippen LogP contribution in [0.3, 0.4) is 0 Å². The summed E-state index contributed by atoms with van der Waals surface area (Å²) in [5.41, 5.74) is 9.03. The van der Waals surface area contributed by atoms with Crippen LogP contribution in [0.5, 0.6) is 0 Å². The van der Waals surface area contributed by atoms with Crippen molar-refractivity contribution in [1.82, 2.24) is 20.0 Å². The summed E-state index contributed by atoms with van der Waals surface area (Å²) in [7, 11) is 0. The lowest BCUT2D eigenvalue weighted by Gasteiger charge is -2.35. The molecule has 8 nitrogen and oxygen atoms in total. The Morgan fingerprint density at radius 3 is 2.30 bits per heavy atom. The Hall–Kier alpha value is -2.91. The summed E-state index contributed by atoms with van der Waals surface area (Å²) in [6.07, 6.45) is 3.91. The molecule has 1 aromatic heterocycles. The van der Waals surface area contributed by atoms with Crippen molar-refractivity contribution in [2.75, 3.05) is 32.8 Å². The van der Waals surface area contributed by atoms with Gasteiger partial charge in [-0.2, -0.15) is 5.10 Å². The molecular formula is C23H27Cl2N5O3. The monoisotopic (exact) mass is 491 g/mol. The van der Waals surface area contributed by atoms with E-state index >= 15 is 0 Å². The first-order chi connectivity index (χ1) is 15.1. The smallest absolute Gasteiger partial charge is 0.253 e. The Bertz CT molecular complexity index is 1110. The van der Waals surface area contributed by atoms with E-state index in [2.05, 4.69) is 10.2 Å². The largest absolute Gasteiger partial charge is 0.394 e. The van der Waals surface area contributed by atoms with E-state index in [1.807, 2.05) is 60.7 Å². The van der Waals surface area contributed by atoms with Gasteiger partial charge in [-0.1, -0.05) is 36.4 Å². The third kappa shape index (κ3) is 5.91. The molecule has 1 aliphatic heterocycles. The molecule has 0 saturated carbocycles. The summed E-state index contributed by atoms with van der Waals surface area (Å²) in [5, 5.41) is 17.4. The molecule has 0 spiro atoms. The van der Waals surface area contributed by atoms with Crippen molar-refractivity contribution in [2.24, 2.45) is 5.73 Å². The van der Waals surface area contributed by atoms with Crippen molar-refractivity contribution in [3.8, 4) is 0 Å². The van der Waals surface area contributed by atoms with Gasteiger partial charge in [-0.05, 0) is 29.8 Å². The number of carbonyl (C=O) groups is 2. The zero-order valence-electron chi connectivity index (χ0n) is 17.9. The molecule has 33 heavy (non-hydrogen) atoms. The summed E-state index contributed by atoms with van der Waals surface area (Å²) in [5.74, 6) is -0.345. The summed E-state index contributed by atoms with van der Waals surface area (Å²) in [4.78, 5) is 28.2. The molecule has 176 valence electrons. The molecule has 0 bridgehead atoms. The van der Waals surface area contributed by atoms with Gasteiger partial charge in [-0.25, -0.2) is 0 Å². The number of para-hydroxylation sites is 1. The number of piperazine rings is 1. The van der Waals surface area contributed by atoms with Crippen LogP contribution < -0.4 is 5.73 Å². The number of carbonyl (C=O) groups excluding carboxylic acids is 2. The van der Waals surface area contributed by atoms with E-state index in [-0.39, 0.29) is 43.2 Å². The molecule has 4 N–H and O–H groups in total. The maximum absolute atomic E-state index is 12.8. The third-order valence-corrected chi connectivity index (χ3v) is 5.48. The molecule has 0 radical (unpaired) electrons. The molecule has 1 aliphatic rings. The van der Waals surface area contributed by atoms with E-state index in [9.17, 15) is 9.59 Å².